The molecule has 1 aromatic rings. The van der Waals surface area contributed by atoms with Crippen molar-refractivity contribution in [2.24, 2.45) is 11.7 Å². The van der Waals surface area contributed by atoms with Gasteiger partial charge in [-0.2, -0.15) is 0 Å². The molecule has 2 heteroatoms. The summed E-state index contributed by atoms with van der Waals surface area (Å²) in [7, 11) is 0. The van der Waals surface area contributed by atoms with Gasteiger partial charge in [0.15, 0.2) is 0 Å². The summed E-state index contributed by atoms with van der Waals surface area (Å²) in [6.07, 6.45) is 5.22. The normalized spacial score (nSPS) is 18.3. The van der Waals surface area contributed by atoms with Crippen LogP contribution in [0.2, 0.25) is 0 Å². The van der Waals surface area contributed by atoms with Crippen LogP contribution in [0, 0.1) is 19.8 Å². The third-order valence-corrected chi connectivity index (χ3v) is 3.93. The van der Waals surface area contributed by atoms with E-state index in [4.69, 9.17) is 10.5 Å². The molecule has 17 heavy (non-hydrogen) atoms. The Kier molecular flexibility index (Phi) is 4.06. The smallest absolute Gasteiger partial charge is 0.119 e. The lowest BCUT2D eigenvalue weighted by Crippen LogP contribution is -2.34. The summed E-state index contributed by atoms with van der Waals surface area (Å²) in [6, 6.07) is 6.42. The van der Waals surface area contributed by atoms with E-state index in [0.29, 0.717) is 12.5 Å². The lowest BCUT2D eigenvalue weighted by atomic mass is 10.00. The first kappa shape index (κ1) is 12.4. The molecule has 1 aromatic carbocycles. The van der Waals surface area contributed by atoms with Gasteiger partial charge < -0.3 is 10.5 Å². The molecule has 0 radical (unpaired) electrons. The summed E-state index contributed by atoms with van der Waals surface area (Å²) in [5.74, 6) is 1.61. The number of ether oxygens (including phenoxy) is 1. The molecule has 2 rings (SSSR count). The van der Waals surface area contributed by atoms with E-state index in [1.807, 2.05) is 6.07 Å². The maximum Gasteiger partial charge on any atom is 0.119 e. The van der Waals surface area contributed by atoms with Crippen molar-refractivity contribution in [3.05, 3.63) is 29.3 Å². The SMILES string of the molecule is Cc1ccc(OCC(N)C2CCCC2)cc1C. The van der Waals surface area contributed by atoms with Crippen LogP contribution in [0.5, 0.6) is 5.75 Å². The molecule has 1 saturated carbocycles. The van der Waals surface area contributed by atoms with Crippen molar-refractivity contribution in [2.45, 2.75) is 45.6 Å². The standard InChI is InChI=1S/C15H23NO/c1-11-7-8-14(9-12(11)2)17-10-15(16)13-5-3-4-6-13/h7-9,13,15H,3-6,10,16H2,1-2H3. The molecular weight excluding hydrogens is 210 g/mol. The molecule has 0 heterocycles. The molecule has 1 aliphatic carbocycles. The van der Waals surface area contributed by atoms with Crippen LogP contribution in [0.3, 0.4) is 0 Å². The second kappa shape index (κ2) is 5.54. The molecule has 0 aliphatic heterocycles. The van der Waals surface area contributed by atoms with Crippen LogP contribution in [-0.4, -0.2) is 12.6 Å². The fraction of sp³-hybridized carbons (Fsp3) is 0.600. The van der Waals surface area contributed by atoms with Crippen LogP contribution >= 0.6 is 0 Å². The average Bonchev–Trinajstić information content (AvgIpc) is 2.84. The Bertz CT molecular complexity index is 369. The maximum absolute atomic E-state index is 6.17. The number of aryl methyl sites for hydroxylation is 2. The zero-order chi connectivity index (χ0) is 12.3. The fourth-order valence-electron chi connectivity index (χ4n) is 2.52. The summed E-state index contributed by atoms with van der Waals surface area (Å²) >= 11 is 0. The van der Waals surface area contributed by atoms with Crippen LogP contribution in [0.25, 0.3) is 0 Å². The number of hydrogen-bond acceptors (Lipinski definition) is 2. The van der Waals surface area contributed by atoms with Gasteiger partial charge in [0.25, 0.3) is 0 Å². The summed E-state index contributed by atoms with van der Waals surface area (Å²) in [6.45, 7) is 4.87. The van der Waals surface area contributed by atoms with Gasteiger partial charge in [-0.1, -0.05) is 18.9 Å². The van der Waals surface area contributed by atoms with Crippen molar-refractivity contribution in [2.75, 3.05) is 6.61 Å². The average molecular weight is 233 g/mol. The van der Waals surface area contributed by atoms with Gasteiger partial charge in [0, 0.05) is 6.04 Å². The number of hydrogen-bond donors (Lipinski definition) is 1. The molecular formula is C15H23NO. The molecule has 0 bridgehead atoms. The first-order valence-electron chi connectivity index (χ1n) is 6.62. The summed E-state index contributed by atoms with van der Waals surface area (Å²) in [5.41, 5.74) is 8.75. The minimum absolute atomic E-state index is 0.194. The lowest BCUT2D eigenvalue weighted by Gasteiger charge is -2.19. The van der Waals surface area contributed by atoms with E-state index in [9.17, 15) is 0 Å². The number of benzene rings is 1. The first-order chi connectivity index (χ1) is 8.16. The highest BCUT2D eigenvalue weighted by molar-refractivity contribution is 5.33. The van der Waals surface area contributed by atoms with Gasteiger partial charge in [0.2, 0.25) is 0 Å². The Morgan fingerprint density at radius 1 is 1.24 bits per heavy atom. The predicted octanol–water partition coefficient (Wildman–Crippen LogP) is 3.20. The van der Waals surface area contributed by atoms with Crippen molar-refractivity contribution in [1.29, 1.82) is 0 Å². The molecule has 1 unspecified atom stereocenters. The van der Waals surface area contributed by atoms with Gasteiger partial charge in [0.1, 0.15) is 12.4 Å². The summed E-state index contributed by atoms with van der Waals surface area (Å²) in [5, 5.41) is 0. The Hall–Kier alpha value is -1.02. The highest BCUT2D eigenvalue weighted by atomic mass is 16.5. The van der Waals surface area contributed by atoms with Crippen molar-refractivity contribution in [3.63, 3.8) is 0 Å². The zero-order valence-electron chi connectivity index (χ0n) is 10.9. The van der Waals surface area contributed by atoms with Gasteiger partial charge in [-0.3, -0.25) is 0 Å². The molecule has 0 amide bonds. The Labute approximate surface area is 104 Å². The lowest BCUT2D eigenvalue weighted by molar-refractivity contribution is 0.247. The van der Waals surface area contributed by atoms with Crippen molar-refractivity contribution >= 4 is 0 Å². The second-order valence-corrected chi connectivity index (χ2v) is 5.27. The zero-order valence-corrected chi connectivity index (χ0v) is 10.9. The number of rotatable bonds is 4. The quantitative estimate of drug-likeness (QED) is 0.866. The number of nitrogens with two attached hydrogens (primary N) is 1. The highest BCUT2D eigenvalue weighted by Gasteiger charge is 2.22. The van der Waals surface area contributed by atoms with Crippen LogP contribution in [0.15, 0.2) is 18.2 Å². The Morgan fingerprint density at radius 3 is 2.59 bits per heavy atom. The molecule has 0 aromatic heterocycles. The largest absolute Gasteiger partial charge is 0.492 e. The van der Waals surface area contributed by atoms with Crippen LogP contribution in [0.4, 0.5) is 0 Å². The van der Waals surface area contributed by atoms with Gasteiger partial charge >= 0.3 is 0 Å². The van der Waals surface area contributed by atoms with Gasteiger partial charge in [0.05, 0.1) is 0 Å². The molecule has 1 atom stereocenters. The molecule has 94 valence electrons. The van der Waals surface area contributed by atoms with Crippen LogP contribution in [0.1, 0.15) is 36.8 Å². The predicted molar refractivity (Wildman–Crippen MR) is 71.3 cm³/mol. The third-order valence-electron chi connectivity index (χ3n) is 3.93. The summed E-state index contributed by atoms with van der Waals surface area (Å²) < 4.78 is 5.79. The molecule has 0 saturated heterocycles. The van der Waals surface area contributed by atoms with E-state index in [1.165, 1.54) is 36.8 Å². The second-order valence-electron chi connectivity index (χ2n) is 5.27. The van der Waals surface area contributed by atoms with Gasteiger partial charge in [-0.25, -0.2) is 0 Å². The Morgan fingerprint density at radius 2 is 1.94 bits per heavy atom. The third kappa shape index (κ3) is 3.22. The molecule has 1 fully saturated rings. The van der Waals surface area contributed by atoms with E-state index in [-0.39, 0.29) is 6.04 Å². The minimum atomic E-state index is 0.194. The maximum atomic E-state index is 6.17. The molecule has 1 aliphatic rings. The first-order valence-corrected chi connectivity index (χ1v) is 6.62. The van der Waals surface area contributed by atoms with Crippen molar-refractivity contribution in [1.82, 2.24) is 0 Å². The van der Waals surface area contributed by atoms with Gasteiger partial charge in [-0.05, 0) is 55.9 Å². The molecule has 2 nitrogen and oxygen atoms in total. The minimum Gasteiger partial charge on any atom is -0.492 e. The highest BCUT2D eigenvalue weighted by Crippen LogP contribution is 2.27. The van der Waals surface area contributed by atoms with E-state index in [0.717, 1.165) is 5.75 Å². The topological polar surface area (TPSA) is 35.2 Å². The van der Waals surface area contributed by atoms with E-state index in [1.54, 1.807) is 0 Å². The molecule has 2 N–H and O–H groups in total. The Balaban J connectivity index is 1.86. The fourth-order valence-corrected chi connectivity index (χ4v) is 2.52. The van der Waals surface area contributed by atoms with Gasteiger partial charge in [-0.15, -0.1) is 0 Å². The van der Waals surface area contributed by atoms with Crippen LogP contribution < -0.4 is 10.5 Å². The van der Waals surface area contributed by atoms with E-state index in [2.05, 4.69) is 26.0 Å². The van der Waals surface area contributed by atoms with Crippen molar-refractivity contribution < 1.29 is 4.74 Å². The van der Waals surface area contributed by atoms with Crippen molar-refractivity contribution in [3.8, 4) is 5.75 Å². The van der Waals surface area contributed by atoms with E-state index >= 15 is 0 Å². The van der Waals surface area contributed by atoms with E-state index < -0.39 is 0 Å². The monoisotopic (exact) mass is 233 g/mol. The summed E-state index contributed by atoms with van der Waals surface area (Å²) in [4.78, 5) is 0. The molecule has 0 spiro atoms. The van der Waals surface area contributed by atoms with Crippen LogP contribution in [-0.2, 0) is 0 Å².